The van der Waals surface area contributed by atoms with Crippen molar-refractivity contribution >= 4 is 15.9 Å². The first-order valence-electron chi connectivity index (χ1n) is 6.29. The standard InChI is InChI=1S/C12H22N2O3S/c1-3-8-14(18(2,16)17)11-12(15)13-9-6-4-5-7-10-13/h3H,1,4-11H2,2H3. The van der Waals surface area contributed by atoms with Crippen LogP contribution in [-0.4, -0.2) is 56.0 Å². The molecule has 1 aliphatic heterocycles. The number of likely N-dealkylation sites (tertiary alicyclic amines) is 1. The van der Waals surface area contributed by atoms with Crippen LogP contribution in [0.25, 0.3) is 0 Å². The molecule has 0 atom stereocenters. The Morgan fingerprint density at radius 3 is 2.28 bits per heavy atom. The van der Waals surface area contributed by atoms with Crippen LogP contribution in [0.15, 0.2) is 12.7 Å². The Balaban J connectivity index is 2.62. The van der Waals surface area contributed by atoms with Crippen LogP contribution in [0.1, 0.15) is 25.7 Å². The molecule has 104 valence electrons. The van der Waals surface area contributed by atoms with Gasteiger partial charge in [0.1, 0.15) is 0 Å². The van der Waals surface area contributed by atoms with Gasteiger partial charge in [-0.1, -0.05) is 18.9 Å². The van der Waals surface area contributed by atoms with Crippen molar-refractivity contribution in [2.75, 3.05) is 32.4 Å². The maximum absolute atomic E-state index is 12.1. The minimum atomic E-state index is -3.36. The van der Waals surface area contributed by atoms with E-state index in [-0.39, 0.29) is 19.0 Å². The van der Waals surface area contributed by atoms with Gasteiger partial charge in [-0.15, -0.1) is 6.58 Å². The van der Waals surface area contributed by atoms with Crippen LogP contribution in [0, 0.1) is 0 Å². The zero-order valence-corrected chi connectivity index (χ0v) is 11.8. The summed E-state index contributed by atoms with van der Waals surface area (Å²) in [6, 6.07) is 0. The Labute approximate surface area is 110 Å². The molecule has 1 saturated heterocycles. The van der Waals surface area contributed by atoms with Crippen molar-refractivity contribution in [3.63, 3.8) is 0 Å². The van der Waals surface area contributed by atoms with Crippen molar-refractivity contribution in [2.45, 2.75) is 25.7 Å². The number of carbonyl (C=O) groups is 1. The van der Waals surface area contributed by atoms with Gasteiger partial charge in [0.25, 0.3) is 0 Å². The zero-order chi connectivity index (χ0) is 13.6. The van der Waals surface area contributed by atoms with Crippen molar-refractivity contribution in [2.24, 2.45) is 0 Å². The Morgan fingerprint density at radius 1 is 1.28 bits per heavy atom. The topological polar surface area (TPSA) is 57.7 Å². The summed E-state index contributed by atoms with van der Waals surface area (Å²) >= 11 is 0. The lowest BCUT2D eigenvalue weighted by Crippen LogP contribution is -2.42. The average molecular weight is 274 g/mol. The predicted molar refractivity (Wildman–Crippen MR) is 71.7 cm³/mol. The van der Waals surface area contributed by atoms with E-state index < -0.39 is 10.0 Å². The normalized spacial score (nSPS) is 17.6. The summed E-state index contributed by atoms with van der Waals surface area (Å²) in [5.41, 5.74) is 0. The molecule has 18 heavy (non-hydrogen) atoms. The van der Waals surface area contributed by atoms with E-state index >= 15 is 0 Å². The molecule has 6 heteroatoms. The van der Waals surface area contributed by atoms with Crippen LogP contribution in [0.2, 0.25) is 0 Å². The highest BCUT2D eigenvalue weighted by Crippen LogP contribution is 2.10. The number of hydrogen-bond donors (Lipinski definition) is 0. The number of amides is 1. The first-order chi connectivity index (χ1) is 8.45. The van der Waals surface area contributed by atoms with E-state index in [4.69, 9.17) is 0 Å². The van der Waals surface area contributed by atoms with Crippen LogP contribution in [0.5, 0.6) is 0 Å². The Bertz CT molecular complexity index is 384. The van der Waals surface area contributed by atoms with E-state index in [2.05, 4.69) is 6.58 Å². The van der Waals surface area contributed by atoms with Crippen molar-refractivity contribution in [1.82, 2.24) is 9.21 Å². The molecular weight excluding hydrogens is 252 g/mol. The second kappa shape index (κ2) is 6.89. The molecule has 0 N–H and O–H groups in total. The molecule has 0 saturated carbocycles. The van der Waals surface area contributed by atoms with E-state index in [1.807, 2.05) is 0 Å². The largest absolute Gasteiger partial charge is 0.342 e. The molecular formula is C12H22N2O3S. The monoisotopic (exact) mass is 274 g/mol. The summed E-state index contributed by atoms with van der Waals surface area (Å²) < 4.78 is 24.2. The average Bonchev–Trinajstić information content (AvgIpc) is 2.55. The molecule has 0 radical (unpaired) electrons. The van der Waals surface area contributed by atoms with Gasteiger partial charge >= 0.3 is 0 Å². The summed E-state index contributed by atoms with van der Waals surface area (Å²) in [4.78, 5) is 13.8. The van der Waals surface area contributed by atoms with Gasteiger partial charge in [0.2, 0.25) is 15.9 Å². The number of sulfonamides is 1. The molecule has 1 heterocycles. The van der Waals surface area contributed by atoms with E-state index in [1.165, 1.54) is 6.08 Å². The highest BCUT2D eigenvalue weighted by molar-refractivity contribution is 7.88. The van der Waals surface area contributed by atoms with Crippen molar-refractivity contribution in [3.8, 4) is 0 Å². The van der Waals surface area contributed by atoms with Crippen LogP contribution < -0.4 is 0 Å². The van der Waals surface area contributed by atoms with Crippen molar-refractivity contribution in [3.05, 3.63) is 12.7 Å². The number of hydrogen-bond acceptors (Lipinski definition) is 3. The molecule has 5 nitrogen and oxygen atoms in total. The molecule has 1 aliphatic rings. The summed E-state index contributed by atoms with van der Waals surface area (Å²) in [6.45, 7) is 5.10. The minimum Gasteiger partial charge on any atom is -0.342 e. The Hall–Kier alpha value is -0.880. The molecule has 0 spiro atoms. The lowest BCUT2D eigenvalue weighted by molar-refractivity contribution is -0.131. The lowest BCUT2D eigenvalue weighted by Gasteiger charge is -2.24. The predicted octanol–water partition coefficient (Wildman–Crippen LogP) is 0.837. The first kappa shape index (κ1) is 15.2. The van der Waals surface area contributed by atoms with Gasteiger partial charge in [-0.2, -0.15) is 4.31 Å². The molecule has 0 aliphatic carbocycles. The highest BCUT2D eigenvalue weighted by Gasteiger charge is 2.22. The molecule has 0 aromatic heterocycles. The molecule has 1 rings (SSSR count). The van der Waals surface area contributed by atoms with Gasteiger partial charge in [0.05, 0.1) is 12.8 Å². The first-order valence-corrected chi connectivity index (χ1v) is 8.14. The van der Waals surface area contributed by atoms with Gasteiger partial charge in [-0.05, 0) is 12.8 Å². The molecule has 1 amide bonds. The third-order valence-corrected chi connectivity index (χ3v) is 4.29. The van der Waals surface area contributed by atoms with E-state index in [0.29, 0.717) is 0 Å². The molecule has 0 aromatic rings. The molecule has 0 bridgehead atoms. The summed E-state index contributed by atoms with van der Waals surface area (Å²) in [5, 5.41) is 0. The SMILES string of the molecule is C=CCN(CC(=O)N1CCCCCC1)S(C)(=O)=O. The maximum atomic E-state index is 12.1. The van der Waals surface area contributed by atoms with Gasteiger partial charge < -0.3 is 4.90 Å². The van der Waals surface area contributed by atoms with Crippen molar-refractivity contribution < 1.29 is 13.2 Å². The quantitative estimate of drug-likeness (QED) is 0.698. The number of nitrogens with zero attached hydrogens (tertiary/aromatic N) is 2. The second-order valence-electron chi connectivity index (χ2n) is 4.64. The van der Waals surface area contributed by atoms with Gasteiger partial charge in [-0.25, -0.2) is 8.42 Å². The molecule has 0 aromatic carbocycles. The Morgan fingerprint density at radius 2 is 1.83 bits per heavy atom. The number of carbonyl (C=O) groups excluding carboxylic acids is 1. The second-order valence-corrected chi connectivity index (χ2v) is 6.62. The van der Waals surface area contributed by atoms with E-state index in [0.717, 1.165) is 49.3 Å². The zero-order valence-electron chi connectivity index (χ0n) is 11.0. The smallest absolute Gasteiger partial charge is 0.237 e. The third kappa shape index (κ3) is 4.78. The molecule has 1 fully saturated rings. The minimum absolute atomic E-state index is 0.0785. The fourth-order valence-electron chi connectivity index (χ4n) is 2.03. The van der Waals surface area contributed by atoms with Crippen LogP contribution in [0.3, 0.4) is 0 Å². The third-order valence-electron chi connectivity index (χ3n) is 3.07. The number of rotatable bonds is 5. The maximum Gasteiger partial charge on any atom is 0.237 e. The highest BCUT2D eigenvalue weighted by atomic mass is 32.2. The lowest BCUT2D eigenvalue weighted by atomic mass is 10.2. The van der Waals surface area contributed by atoms with Crippen molar-refractivity contribution in [1.29, 1.82) is 0 Å². The summed E-state index contributed by atoms with van der Waals surface area (Å²) in [5.74, 6) is -0.107. The van der Waals surface area contributed by atoms with Crippen LogP contribution >= 0.6 is 0 Å². The fourth-order valence-corrected chi connectivity index (χ4v) is 2.75. The van der Waals surface area contributed by atoms with Gasteiger partial charge in [0.15, 0.2) is 0 Å². The van der Waals surface area contributed by atoms with E-state index in [1.54, 1.807) is 4.90 Å². The van der Waals surface area contributed by atoms with E-state index in [9.17, 15) is 13.2 Å². The van der Waals surface area contributed by atoms with Gasteiger partial charge in [-0.3, -0.25) is 4.79 Å². The fraction of sp³-hybridized carbons (Fsp3) is 0.750. The molecule has 0 unspecified atom stereocenters. The van der Waals surface area contributed by atoms with Crippen LogP contribution in [0.4, 0.5) is 0 Å². The Kier molecular flexibility index (Phi) is 5.81. The van der Waals surface area contributed by atoms with Gasteiger partial charge in [0, 0.05) is 19.6 Å². The summed E-state index contributed by atoms with van der Waals surface area (Å²) in [6.07, 6.45) is 6.92. The van der Waals surface area contributed by atoms with Crippen LogP contribution in [-0.2, 0) is 14.8 Å². The summed E-state index contributed by atoms with van der Waals surface area (Å²) in [7, 11) is -3.36.